The van der Waals surface area contributed by atoms with Gasteiger partial charge in [0, 0.05) is 27.3 Å². The summed E-state index contributed by atoms with van der Waals surface area (Å²) >= 11 is 1.85. The fraction of sp³-hybridized carbons (Fsp3) is 0.167. The van der Waals surface area contributed by atoms with E-state index in [9.17, 15) is 0 Å². The van der Waals surface area contributed by atoms with Gasteiger partial charge in [-0.25, -0.2) is 0 Å². The molecule has 3 aromatic rings. The Morgan fingerprint density at radius 2 is 1.65 bits per heavy atom. The summed E-state index contributed by atoms with van der Waals surface area (Å²) in [6.45, 7) is 0. The van der Waals surface area contributed by atoms with Crippen LogP contribution in [0.4, 0.5) is 0 Å². The highest BCUT2D eigenvalue weighted by atomic mass is 32.2. The summed E-state index contributed by atoms with van der Waals surface area (Å²) in [4.78, 5) is 7.37. The number of benzene rings is 2. The predicted octanol–water partition coefficient (Wildman–Crippen LogP) is 5.26. The van der Waals surface area contributed by atoms with Gasteiger partial charge in [-0.1, -0.05) is 54.2 Å². The van der Waals surface area contributed by atoms with Crippen molar-refractivity contribution in [2.45, 2.75) is 28.6 Å². The summed E-state index contributed by atoms with van der Waals surface area (Å²) in [7, 11) is 0. The highest BCUT2D eigenvalue weighted by Crippen LogP contribution is 2.46. The summed E-state index contributed by atoms with van der Waals surface area (Å²) in [6, 6.07) is 19.2. The maximum atomic E-state index is 4.74. The molecule has 0 amide bonds. The first-order valence-corrected chi connectivity index (χ1v) is 7.84. The second-order valence-electron chi connectivity index (χ2n) is 5.25. The Kier molecular flexibility index (Phi) is 2.96. The van der Waals surface area contributed by atoms with E-state index < -0.39 is 0 Å². The van der Waals surface area contributed by atoms with Crippen LogP contribution in [0.1, 0.15) is 24.5 Å². The molecule has 0 radical (unpaired) electrons. The van der Waals surface area contributed by atoms with Crippen molar-refractivity contribution in [3.05, 3.63) is 66.5 Å². The molecule has 0 aliphatic heterocycles. The Labute approximate surface area is 123 Å². The molecule has 0 N–H and O–H groups in total. The molecule has 1 nitrogen and oxygen atoms in total. The van der Waals surface area contributed by atoms with E-state index in [4.69, 9.17) is 4.98 Å². The maximum absolute atomic E-state index is 4.74. The summed E-state index contributed by atoms with van der Waals surface area (Å²) in [5, 5.41) is 2.56. The molecule has 0 atom stereocenters. The van der Waals surface area contributed by atoms with Crippen LogP contribution in [0.15, 0.2) is 70.6 Å². The van der Waals surface area contributed by atoms with Crippen molar-refractivity contribution in [1.29, 1.82) is 0 Å². The van der Waals surface area contributed by atoms with Crippen LogP contribution in [0.3, 0.4) is 0 Å². The minimum Gasteiger partial charge on any atom is -0.259 e. The van der Waals surface area contributed by atoms with Crippen molar-refractivity contribution in [2.75, 3.05) is 0 Å². The fourth-order valence-corrected chi connectivity index (χ4v) is 3.66. The molecule has 0 bridgehead atoms. The zero-order valence-electron chi connectivity index (χ0n) is 11.1. The van der Waals surface area contributed by atoms with Crippen LogP contribution in [-0.4, -0.2) is 4.98 Å². The van der Waals surface area contributed by atoms with Crippen LogP contribution in [0.5, 0.6) is 0 Å². The molecule has 98 valence electrons. The molecule has 0 saturated heterocycles. The Morgan fingerprint density at radius 1 is 0.900 bits per heavy atom. The molecule has 0 spiro atoms. The van der Waals surface area contributed by atoms with Gasteiger partial charge in [0.1, 0.15) is 0 Å². The lowest BCUT2D eigenvalue weighted by Crippen LogP contribution is -1.92. The molecular weight excluding hydrogens is 262 g/mol. The molecule has 20 heavy (non-hydrogen) atoms. The monoisotopic (exact) mass is 277 g/mol. The summed E-state index contributed by atoms with van der Waals surface area (Å²) < 4.78 is 0. The highest BCUT2D eigenvalue weighted by Gasteiger charge is 2.28. The molecular formula is C18H15NS. The predicted molar refractivity (Wildman–Crippen MR) is 84.3 cm³/mol. The lowest BCUT2D eigenvalue weighted by molar-refractivity contribution is 0.983. The van der Waals surface area contributed by atoms with Crippen molar-refractivity contribution in [3.8, 4) is 0 Å². The van der Waals surface area contributed by atoms with Crippen molar-refractivity contribution < 1.29 is 0 Å². The molecule has 2 aromatic carbocycles. The van der Waals surface area contributed by atoms with E-state index in [-0.39, 0.29) is 0 Å². The second kappa shape index (κ2) is 4.95. The van der Waals surface area contributed by atoms with Crippen LogP contribution in [0, 0.1) is 0 Å². The summed E-state index contributed by atoms with van der Waals surface area (Å²) in [5.74, 6) is 0.672. The van der Waals surface area contributed by atoms with Gasteiger partial charge < -0.3 is 0 Å². The van der Waals surface area contributed by atoms with E-state index in [1.807, 2.05) is 18.0 Å². The molecule has 4 rings (SSSR count). The summed E-state index contributed by atoms with van der Waals surface area (Å²) in [6.07, 6.45) is 4.60. The number of hydrogen-bond acceptors (Lipinski definition) is 2. The van der Waals surface area contributed by atoms with Crippen LogP contribution < -0.4 is 0 Å². The maximum Gasteiger partial charge on any atom is 0.0580 e. The van der Waals surface area contributed by atoms with E-state index >= 15 is 0 Å². The Morgan fingerprint density at radius 3 is 2.45 bits per heavy atom. The van der Waals surface area contributed by atoms with Crippen molar-refractivity contribution in [2.24, 2.45) is 0 Å². The van der Waals surface area contributed by atoms with Gasteiger partial charge in [0.05, 0.1) is 5.69 Å². The molecule has 1 fully saturated rings. The van der Waals surface area contributed by atoms with Crippen molar-refractivity contribution in [1.82, 2.24) is 4.98 Å². The molecule has 1 heterocycles. The number of rotatable bonds is 3. The van der Waals surface area contributed by atoms with Crippen molar-refractivity contribution >= 4 is 22.5 Å². The van der Waals surface area contributed by atoms with Gasteiger partial charge in [-0.2, -0.15) is 0 Å². The molecule has 1 aromatic heterocycles. The first-order valence-electron chi connectivity index (χ1n) is 7.02. The zero-order valence-corrected chi connectivity index (χ0v) is 11.9. The van der Waals surface area contributed by atoms with Gasteiger partial charge >= 0.3 is 0 Å². The summed E-state index contributed by atoms with van der Waals surface area (Å²) in [5.41, 5.74) is 1.29. The van der Waals surface area contributed by atoms with E-state index in [0.717, 1.165) is 0 Å². The first kappa shape index (κ1) is 12.0. The van der Waals surface area contributed by atoms with Gasteiger partial charge in [0.15, 0.2) is 0 Å². The Bertz CT molecular complexity index is 748. The Balaban J connectivity index is 1.88. The largest absolute Gasteiger partial charge is 0.259 e. The number of nitrogens with zero attached hydrogens (tertiary/aromatic N) is 1. The van der Waals surface area contributed by atoms with Gasteiger partial charge in [0.25, 0.3) is 0 Å². The topological polar surface area (TPSA) is 12.9 Å². The number of fused-ring (bicyclic) bond motifs is 1. The van der Waals surface area contributed by atoms with E-state index in [1.54, 1.807) is 0 Å². The normalized spacial score (nSPS) is 14.6. The van der Waals surface area contributed by atoms with Crippen LogP contribution >= 0.6 is 11.8 Å². The quantitative estimate of drug-likeness (QED) is 0.647. The third-order valence-corrected chi connectivity index (χ3v) is 4.85. The number of pyridine rings is 1. The first-order chi connectivity index (χ1) is 9.92. The van der Waals surface area contributed by atoms with Gasteiger partial charge in [-0.15, -0.1) is 0 Å². The number of hydrogen-bond donors (Lipinski definition) is 0. The Hall–Kier alpha value is -1.80. The molecule has 1 aliphatic rings. The third kappa shape index (κ3) is 2.20. The van der Waals surface area contributed by atoms with E-state index in [0.29, 0.717) is 5.92 Å². The lowest BCUT2D eigenvalue weighted by Gasteiger charge is -2.11. The van der Waals surface area contributed by atoms with Crippen LogP contribution in [0.2, 0.25) is 0 Å². The van der Waals surface area contributed by atoms with Crippen LogP contribution in [0.25, 0.3) is 10.8 Å². The van der Waals surface area contributed by atoms with E-state index in [1.165, 1.54) is 39.1 Å². The van der Waals surface area contributed by atoms with Gasteiger partial charge in [-0.3, -0.25) is 4.98 Å². The third-order valence-electron chi connectivity index (χ3n) is 3.71. The number of aromatic nitrogens is 1. The minimum atomic E-state index is 0.672. The zero-order chi connectivity index (χ0) is 13.4. The molecule has 1 aliphatic carbocycles. The smallest absolute Gasteiger partial charge is 0.0580 e. The SMILES string of the molecule is c1ccc(Sc2c(C3CC3)ncc3ccccc23)cc1. The average molecular weight is 277 g/mol. The standard InChI is InChI=1S/C18H15NS/c1-2-7-15(8-3-1)20-18-16-9-5-4-6-14(16)12-19-17(18)13-10-11-13/h1-9,12-13H,10-11H2. The van der Waals surface area contributed by atoms with Crippen LogP contribution in [-0.2, 0) is 0 Å². The fourth-order valence-electron chi connectivity index (χ4n) is 2.51. The highest BCUT2D eigenvalue weighted by molar-refractivity contribution is 7.99. The van der Waals surface area contributed by atoms with Gasteiger partial charge in [0.2, 0.25) is 0 Å². The van der Waals surface area contributed by atoms with E-state index in [2.05, 4.69) is 54.6 Å². The average Bonchev–Trinajstić information content (AvgIpc) is 3.33. The molecule has 1 saturated carbocycles. The van der Waals surface area contributed by atoms with Crippen molar-refractivity contribution in [3.63, 3.8) is 0 Å². The molecule has 0 unspecified atom stereocenters. The molecule has 2 heteroatoms. The van der Waals surface area contributed by atoms with Gasteiger partial charge in [-0.05, 0) is 30.4 Å². The lowest BCUT2D eigenvalue weighted by atomic mass is 10.1. The minimum absolute atomic E-state index is 0.672. The second-order valence-corrected chi connectivity index (χ2v) is 6.33.